The Morgan fingerprint density at radius 1 is 0.610 bits per heavy atom. The molecule has 0 heterocycles. The fraction of sp³-hybridized carbons (Fsp3) is 0.574. The molecule has 4 atom stereocenters. The van der Waals surface area contributed by atoms with Gasteiger partial charge in [-0.1, -0.05) is 149 Å². The number of aliphatic hydroxyl groups excluding tert-OH is 2. The van der Waals surface area contributed by atoms with E-state index < -0.39 is 44.7 Å². The molecule has 1 unspecified atom stereocenters. The average Bonchev–Trinajstić information content (AvgIpc) is 3.21. The van der Waals surface area contributed by atoms with Gasteiger partial charge < -0.3 is 30.3 Å². The fourth-order valence-electron chi connectivity index (χ4n) is 5.04. The van der Waals surface area contributed by atoms with Crippen LogP contribution in [-0.2, 0) is 32.7 Å². The van der Waals surface area contributed by atoms with Crippen LogP contribution in [0.2, 0.25) is 0 Å². The van der Waals surface area contributed by atoms with Gasteiger partial charge in [0.1, 0.15) is 6.61 Å². The second kappa shape index (κ2) is 41.3. The number of hydrogen-bond acceptors (Lipinski definition) is 10. The summed E-state index contributed by atoms with van der Waals surface area (Å²) < 4.78 is 32.5. The van der Waals surface area contributed by atoms with Crippen LogP contribution < -0.4 is 5.73 Å². The molecule has 0 rings (SSSR count). The van der Waals surface area contributed by atoms with Gasteiger partial charge >= 0.3 is 19.8 Å². The maximum absolute atomic E-state index is 12.6. The van der Waals surface area contributed by atoms with Crippen molar-refractivity contribution in [1.29, 1.82) is 0 Å². The maximum atomic E-state index is 12.6. The standard InChI is InChI=1S/C47H76NO10P/c1-3-5-7-9-11-12-13-14-15-16-17-18-19-20-21-22-23-25-31-37-46(51)55-41-45(42-57-59(53,54)56-40-39-48)58-47(52)38-32-36-44(50)35-30-27-26-29-34-43(49)33-28-24-10-8-6-4-2/h11-12,14-15,17-18,20-21,23-30,34-35,43-45,49-50H,3-10,13,16,19,22,31-33,36-42,48H2,1-2H3,(H,53,54)/b12-11-,15-14-,18-17-,21-20-,25-23-,27-26+,28-24-,34-29+,35-30-/t43-,44-,45+/m0/s1. The molecule has 334 valence electrons. The Balaban J connectivity index is 4.57. The highest BCUT2D eigenvalue weighted by molar-refractivity contribution is 7.47. The average molecular weight is 846 g/mol. The summed E-state index contributed by atoms with van der Waals surface area (Å²) in [6.07, 6.45) is 47.6. The maximum Gasteiger partial charge on any atom is 0.472 e. The molecule has 0 saturated heterocycles. The van der Waals surface area contributed by atoms with E-state index in [4.69, 9.17) is 24.3 Å². The molecule has 0 saturated carbocycles. The fourth-order valence-corrected chi connectivity index (χ4v) is 5.81. The molecule has 0 aliphatic rings. The van der Waals surface area contributed by atoms with Crippen LogP contribution in [0.5, 0.6) is 0 Å². The topological polar surface area (TPSA) is 175 Å². The third-order valence-electron chi connectivity index (χ3n) is 8.33. The number of allylic oxidation sites excluding steroid dienone is 15. The number of rotatable bonds is 38. The summed E-state index contributed by atoms with van der Waals surface area (Å²) in [6, 6.07) is 0. The van der Waals surface area contributed by atoms with E-state index >= 15 is 0 Å². The number of ether oxygens (including phenoxy) is 2. The molecule has 0 radical (unpaired) electrons. The molecule has 0 aromatic carbocycles. The van der Waals surface area contributed by atoms with Gasteiger partial charge in [-0.25, -0.2) is 4.57 Å². The number of carbonyl (C=O) groups is 2. The molecular formula is C47H76NO10P. The highest BCUT2D eigenvalue weighted by Gasteiger charge is 2.26. The first-order valence-corrected chi connectivity index (χ1v) is 23.1. The normalized spacial score (nSPS) is 15.4. The number of phosphoric ester groups is 1. The molecule has 0 spiro atoms. The smallest absolute Gasteiger partial charge is 0.462 e. The SMILES string of the molecule is CCCCC/C=C\C/C=C\C/C=C\C/C=C\C/C=C\CCC(=O)OC[C@H](COP(=O)(O)OCCN)OC(=O)CCC[C@@H](O)\C=C/C=C/C=C/[C@@H](O)C/C=C\CCCCC. The molecule has 0 aromatic heterocycles. The van der Waals surface area contributed by atoms with Gasteiger partial charge in [0.05, 0.1) is 25.4 Å². The first-order chi connectivity index (χ1) is 28.6. The molecule has 59 heavy (non-hydrogen) atoms. The van der Waals surface area contributed by atoms with Crippen LogP contribution in [-0.4, -0.2) is 71.7 Å². The quantitative estimate of drug-likeness (QED) is 0.0153. The molecule has 0 aliphatic heterocycles. The van der Waals surface area contributed by atoms with E-state index in [9.17, 15) is 29.3 Å². The largest absolute Gasteiger partial charge is 0.472 e. The van der Waals surface area contributed by atoms with Crippen molar-refractivity contribution in [3.8, 4) is 0 Å². The molecular weight excluding hydrogens is 769 g/mol. The summed E-state index contributed by atoms with van der Waals surface area (Å²) in [4.78, 5) is 34.8. The van der Waals surface area contributed by atoms with Crippen molar-refractivity contribution in [3.63, 3.8) is 0 Å². The summed E-state index contributed by atoms with van der Waals surface area (Å²) in [5, 5.41) is 20.3. The molecule has 0 aromatic rings. The molecule has 0 aliphatic carbocycles. The van der Waals surface area contributed by atoms with Crippen molar-refractivity contribution < 1.29 is 47.8 Å². The number of aliphatic hydroxyl groups is 2. The van der Waals surface area contributed by atoms with Crippen LogP contribution in [0.1, 0.15) is 129 Å². The van der Waals surface area contributed by atoms with Gasteiger partial charge in [0, 0.05) is 19.4 Å². The number of nitrogens with two attached hydrogens (primary N) is 1. The Hall–Kier alpha value is -3.41. The van der Waals surface area contributed by atoms with E-state index in [1.54, 1.807) is 36.5 Å². The second-order valence-electron chi connectivity index (χ2n) is 13.9. The van der Waals surface area contributed by atoms with Crippen LogP contribution >= 0.6 is 7.82 Å². The van der Waals surface area contributed by atoms with Gasteiger partial charge in [-0.3, -0.25) is 18.6 Å². The lowest BCUT2D eigenvalue weighted by molar-refractivity contribution is -0.161. The Kier molecular flexibility index (Phi) is 38.9. The van der Waals surface area contributed by atoms with Crippen molar-refractivity contribution >= 4 is 19.8 Å². The van der Waals surface area contributed by atoms with Gasteiger partial charge in [0.15, 0.2) is 6.10 Å². The number of carbonyl (C=O) groups excluding carboxylic acids is 2. The number of phosphoric acid groups is 1. The molecule has 0 fully saturated rings. The van der Waals surface area contributed by atoms with Crippen LogP contribution in [0.3, 0.4) is 0 Å². The van der Waals surface area contributed by atoms with E-state index in [-0.39, 0.29) is 39.0 Å². The zero-order chi connectivity index (χ0) is 43.5. The van der Waals surface area contributed by atoms with Crippen LogP contribution in [0.4, 0.5) is 0 Å². The van der Waals surface area contributed by atoms with E-state index in [1.165, 1.54) is 38.5 Å². The Morgan fingerprint density at radius 3 is 1.69 bits per heavy atom. The van der Waals surface area contributed by atoms with Crippen molar-refractivity contribution in [2.45, 2.75) is 148 Å². The van der Waals surface area contributed by atoms with Gasteiger partial charge in [-0.2, -0.15) is 0 Å². The minimum absolute atomic E-state index is 0.00217. The summed E-state index contributed by atoms with van der Waals surface area (Å²) in [5.41, 5.74) is 5.32. The number of unbranched alkanes of at least 4 members (excludes halogenated alkanes) is 6. The lowest BCUT2D eigenvalue weighted by Crippen LogP contribution is -2.29. The van der Waals surface area contributed by atoms with E-state index in [0.29, 0.717) is 19.3 Å². The van der Waals surface area contributed by atoms with Gasteiger partial charge in [0.2, 0.25) is 0 Å². The van der Waals surface area contributed by atoms with Crippen LogP contribution in [0, 0.1) is 0 Å². The monoisotopic (exact) mass is 846 g/mol. The highest BCUT2D eigenvalue weighted by atomic mass is 31.2. The van der Waals surface area contributed by atoms with Gasteiger partial charge in [-0.05, 0) is 77.0 Å². The molecule has 5 N–H and O–H groups in total. The van der Waals surface area contributed by atoms with E-state index in [2.05, 4.69) is 68.5 Å². The van der Waals surface area contributed by atoms with Crippen LogP contribution in [0.15, 0.2) is 109 Å². The molecule has 12 heteroatoms. The first kappa shape index (κ1) is 55.6. The Labute approximate surface area is 355 Å². The lowest BCUT2D eigenvalue weighted by Gasteiger charge is -2.20. The van der Waals surface area contributed by atoms with E-state index in [0.717, 1.165) is 38.5 Å². The summed E-state index contributed by atoms with van der Waals surface area (Å²) in [7, 11) is -4.47. The lowest BCUT2D eigenvalue weighted by atomic mass is 10.1. The second-order valence-corrected chi connectivity index (χ2v) is 15.4. The van der Waals surface area contributed by atoms with Gasteiger partial charge in [-0.15, -0.1) is 0 Å². The minimum Gasteiger partial charge on any atom is -0.462 e. The molecule has 11 nitrogen and oxygen atoms in total. The number of hydrogen-bond donors (Lipinski definition) is 4. The Morgan fingerprint density at radius 2 is 1.14 bits per heavy atom. The minimum atomic E-state index is -4.47. The third-order valence-corrected chi connectivity index (χ3v) is 9.32. The van der Waals surface area contributed by atoms with Crippen molar-refractivity contribution in [3.05, 3.63) is 109 Å². The predicted octanol–water partition coefficient (Wildman–Crippen LogP) is 10.3. The number of esters is 2. The molecule has 0 amide bonds. The summed E-state index contributed by atoms with van der Waals surface area (Å²) in [5.74, 6) is -1.18. The molecule has 0 bridgehead atoms. The van der Waals surface area contributed by atoms with E-state index in [1.807, 2.05) is 18.2 Å². The zero-order valence-electron chi connectivity index (χ0n) is 35.9. The van der Waals surface area contributed by atoms with Gasteiger partial charge in [0.25, 0.3) is 0 Å². The van der Waals surface area contributed by atoms with Crippen LogP contribution in [0.25, 0.3) is 0 Å². The Bertz CT molecular complexity index is 1360. The van der Waals surface area contributed by atoms with Crippen molar-refractivity contribution in [2.75, 3.05) is 26.4 Å². The van der Waals surface area contributed by atoms with Crippen molar-refractivity contribution in [2.24, 2.45) is 5.73 Å². The highest BCUT2D eigenvalue weighted by Crippen LogP contribution is 2.43. The van der Waals surface area contributed by atoms with Crippen molar-refractivity contribution in [1.82, 2.24) is 0 Å². The zero-order valence-corrected chi connectivity index (χ0v) is 36.8. The first-order valence-electron chi connectivity index (χ1n) is 21.6. The summed E-state index contributed by atoms with van der Waals surface area (Å²) >= 11 is 0. The third kappa shape index (κ3) is 41.1. The predicted molar refractivity (Wildman–Crippen MR) is 240 cm³/mol. The summed E-state index contributed by atoms with van der Waals surface area (Å²) in [6.45, 7) is 3.23.